The molecule has 3 rings (SSSR count). The highest BCUT2D eigenvalue weighted by molar-refractivity contribution is 5.93. The van der Waals surface area contributed by atoms with Crippen LogP contribution in [0.4, 0.5) is 15.9 Å². The van der Waals surface area contributed by atoms with Crippen molar-refractivity contribution in [1.82, 2.24) is 15.3 Å². The summed E-state index contributed by atoms with van der Waals surface area (Å²) in [6.07, 6.45) is 1.59. The number of nitrogens with one attached hydrogen (secondary N) is 2. The third kappa shape index (κ3) is 4.30. The largest absolute Gasteiger partial charge is 0.347 e. The maximum absolute atomic E-state index is 13.1. The summed E-state index contributed by atoms with van der Waals surface area (Å²) in [7, 11) is 0. The Morgan fingerprint density at radius 3 is 2.50 bits per heavy atom. The summed E-state index contributed by atoms with van der Waals surface area (Å²) in [6, 6.07) is 16.8. The first-order chi connectivity index (χ1) is 12.7. The van der Waals surface area contributed by atoms with Crippen LogP contribution in [0.3, 0.4) is 0 Å². The highest BCUT2D eigenvalue weighted by Crippen LogP contribution is 2.21. The summed E-state index contributed by atoms with van der Waals surface area (Å²) in [5, 5.41) is 5.78. The standard InChI is InChI=1S/C20H17FN4O/c1-2-12-22-20(26)17-13-18(23-16-10-8-15(21)9-11-16)25-19(24-17)14-6-4-3-5-7-14/h2-11,13H,1,12H2,(H,22,26)(H,23,24,25). The van der Waals surface area contributed by atoms with E-state index >= 15 is 0 Å². The van der Waals surface area contributed by atoms with Gasteiger partial charge in [0.15, 0.2) is 5.82 Å². The second-order valence-electron chi connectivity index (χ2n) is 5.46. The molecule has 2 N–H and O–H groups in total. The summed E-state index contributed by atoms with van der Waals surface area (Å²) in [4.78, 5) is 21.1. The highest BCUT2D eigenvalue weighted by atomic mass is 19.1. The molecule has 3 aromatic rings. The Morgan fingerprint density at radius 2 is 1.81 bits per heavy atom. The van der Waals surface area contributed by atoms with E-state index in [1.54, 1.807) is 24.3 Å². The Labute approximate surface area is 150 Å². The molecule has 0 aliphatic heterocycles. The molecule has 0 bridgehead atoms. The van der Waals surface area contributed by atoms with Gasteiger partial charge in [-0.2, -0.15) is 0 Å². The normalized spacial score (nSPS) is 10.2. The van der Waals surface area contributed by atoms with E-state index in [1.165, 1.54) is 12.1 Å². The quantitative estimate of drug-likeness (QED) is 0.662. The lowest BCUT2D eigenvalue weighted by molar-refractivity contribution is 0.0953. The summed E-state index contributed by atoms with van der Waals surface area (Å²) < 4.78 is 13.1. The summed E-state index contributed by atoms with van der Waals surface area (Å²) in [5.41, 5.74) is 1.67. The molecule has 1 heterocycles. The van der Waals surface area contributed by atoms with Crippen LogP contribution in [0.5, 0.6) is 0 Å². The molecule has 0 aliphatic carbocycles. The highest BCUT2D eigenvalue weighted by Gasteiger charge is 2.13. The van der Waals surface area contributed by atoms with Gasteiger partial charge in [0.25, 0.3) is 5.91 Å². The molecule has 0 saturated carbocycles. The molecule has 1 aromatic heterocycles. The number of benzene rings is 2. The minimum absolute atomic E-state index is 0.227. The van der Waals surface area contributed by atoms with E-state index in [4.69, 9.17) is 0 Å². The van der Waals surface area contributed by atoms with Crippen molar-refractivity contribution in [1.29, 1.82) is 0 Å². The predicted molar refractivity (Wildman–Crippen MR) is 99.7 cm³/mol. The zero-order valence-corrected chi connectivity index (χ0v) is 13.9. The van der Waals surface area contributed by atoms with Gasteiger partial charge in [-0.3, -0.25) is 4.79 Å². The Kier molecular flexibility index (Phi) is 5.34. The van der Waals surface area contributed by atoms with E-state index in [0.29, 0.717) is 23.9 Å². The van der Waals surface area contributed by atoms with Crippen molar-refractivity contribution in [2.45, 2.75) is 0 Å². The molecule has 0 fully saturated rings. The molecule has 0 aliphatic rings. The van der Waals surface area contributed by atoms with Crippen molar-refractivity contribution in [3.8, 4) is 11.4 Å². The van der Waals surface area contributed by atoms with Crippen LogP contribution in [-0.4, -0.2) is 22.4 Å². The van der Waals surface area contributed by atoms with Crippen molar-refractivity contribution in [3.05, 3.63) is 84.8 Å². The second kappa shape index (κ2) is 8.02. The maximum Gasteiger partial charge on any atom is 0.270 e. The maximum atomic E-state index is 13.1. The average molecular weight is 348 g/mol. The molecule has 6 heteroatoms. The van der Waals surface area contributed by atoms with Gasteiger partial charge >= 0.3 is 0 Å². The number of nitrogens with zero attached hydrogens (tertiary/aromatic N) is 2. The van der Waals surface area contributed by atoms with Gasteiger partial charge in [0.1, 0.15) is 17.3 Å². The molecule has 130 valence electrons. The number of hydrogen-bond donors (Lipinski definition) is 2. The molecule has 5 nitrogen and oxygen atoms in total. The summed E-state index contributed by atoms with van der Waals surface area (Å²) in [5.74, 6) is 0.204. The van der Waals surface area contributed by atoms with Crippen molar-refractivity contribution in [2.24, 2.45) is 0 Å². The number of anilines is 2. The van der Waals surface area contributed by atoms with Gasteiger partial charge in [-0.15, -0.1) is 6.58 Å². The van der Waals surface area contributed by atoms with E-state index in [0.717, 1.165) is 5.56 Å². The van der Waals surface area contributed by atoms with Gasteiger partial charge in [0.05, 0.1) is 0 Å². The summed E-state index contributed by atoms with van der Waals surface area (Å²) in [6.45, 7) is 3.92. The molecule has 1 amide bonds. The zero-order valence-electron chi connectivity index (χ0n) is 13.9. The number of hydrogen-bond acceptors (Lipinski definition) is 4. The van der Waals surface area contributed by atoms with Crippen LogP contribution in [0.2, 0.25) is 0 Å². The number of carbonyl (C=O) groups is 1. The predicted octanol–water partition coefficient (Wildman–Crippen LogP) is 3.94. The van der Waals surface area contributed by atoms with Crippen LogP contribution in [0, 0.1) is 5.82 Å². The first-order valence-corrected chi connectivity index (χ1v) is 8.02. The molecule has 0 spiro atoms. The number of amides is 1. The van der Waals surface area contributed by atoms with Gasteiger partial charge in [0, 0.05) is 23.9 Å². The van der Waals surface area contributed by atoms with Crippen LogP contribution in [0.1, 0.15) is 10.5 Å². The topological polar surface area (TPSA) is 66.9 Å². The smallest absolute Gasteiger partial charge is 0.270 e. The Bertz CT molecular complexity index is 911. The van der Waals surface area contributed by atoms with Gasteiger partial charge in [-0.1, -0.05) is 36.4 Å². The lowest BCUT2D eigenvalue weighted by Crippen LogP contribution is -2.24. The van der Waals surface area contributed by atoms with Crippen LogP contribution in [-0.2, 0) is 0 Å². The van der Waals surface area contributed by atoms with Crippen LogP contribution in [0.25, 0.3) is 11.4 Å². The van der Waals surface area contributed by atoms with Crippen LogP contribution in [0.15, 0.2) is 73.3 Å². The van der Waals surface area contributed by atoms with E-state index in [1.807, 2.05) is 30.3 Å². The fourth-order valence-electron chi connectivity index (χ4n) is 2.28. The summed E-state index contributed by atoms with van der Waals surface area (Å²) >= 11 is 0. The Balaban J connectivity index is 1.98. The fraction of sp³-hybridized carbons (Fsp3) is 0.0500. The SMILES string of the molecule is C=CCNC(=O)c1cc(Nc2ccc(F)cc2)nc(-c2ccccc2)n1. The molecule has 0 saturated heterocycles. The molecule has 2 aromatic carbocycles. The number of rotatable bonds is 6. The van der Waals surface area contributed by atoms with Gasteiger partial charge in [0.2, 0.25) is 0 Å². The van der Waals surface area contributed by atoms with Crippen molar-refractivity contribution in [2.75, 3.05) is 11.9 Å². The number of aromatic nitrogens is 2. The molecule has 0 unspecified atom stereocenters. The third-order valence-electron chi connectivity index (χ3n) is 3.51. The van der Waals surface area contributed by atoms with Gasteiger partial charge in [-0.25, -0.2) is 14.4 Å². The number of carbonyl (C=O) groups excluding carboxylic acids is 1. The van der Waals surface area contributed by atoms with E-state index in [2.05, 4.69) is 27.2 Å². The van der Waals surface area contributed by atoms with Gasteiger partial charge < -0.3 is 10.6 Å². The van der Waals surface area contributed by atoms with Crippen LogP contribution >= 0.6 is 0 Å². The third-order valence-corrected chi connectivity index (χ3v) is 3.51. The average Bonchev–Trinajstić information content (AvgIpc) is 2.68. The number of halogens is 1. The second-order valence-corrected chi connectivity index (χ2v) is 5.46. The van der Waals surface area contributed by atoms with E-state index in [-0.39, 0.29) is 17.4 Å². The van der Waals surface area contributed by atoms with E-state index < -0.39 is 0 Å². The lowest BCUT2D eigenvalue weighted by Gasteiger charge is -2.10. The molecule has 26 heavy (non-hydrogen) atoms. The Hall–Kier alpha value is -3.54. The lowest BCUT2D eigenvalue weighted by atomic mass is 10.2. The van der Waals surface area contributed by atoms with Crippen molar-refractivity contribution in [3.63, 3.8) is 0 Å². The van der Waals surface area contributed by atoms with Crippen LogP contribution < -0.4 is 10.6 Å². The van der Waals surface area contributed by atoms with Crippen molar-refractivity contribution >= 4 is 17.4 Å². The first kappa shape index (κ1) is 17.3. The molecule has 0 radical (unpaired) electrons. The minimum atomic E-state index is -0.327. The van der Waals surface area contributed by atoms with Gasteiger partial charge in [-0.05, 0) is 24.3 Å². The molecule has 0 atom stereocenters. The monoisotopic (exact) mass is 348 g/mol. The fourth-order valence-corrected chi connectivity index (χ4v) is 2.28. The zero-order chi connectivity index (χ0) is 18.4. The first-order valence-electron chi connectivity index (χ1n) is 8.02. The Morgan fingerprint density at radius 1 is 1.08 bits per heavy atom. The minimum Gasteiger partial charge on any atom is -0.347 e. The molecular formula is C20H17FN4O. The van der Waals surface area contributed by atoms with Crippen molar-refractivity contribution < 1.29 is 9.18 Å². The van der Waals surface area contributed by atoms with E-state index in [9.17, 15) is 9.18 Å². The molecular weight excluding hydrogens is 331 g/mol.